The summed E-state index contributed by atoms with van der Waals surface area (Å²) < 4.78 is 36.1. The first-order valence-electron chi connectivity index (χ1n) is 11.6. The lowest BCUT2D eigenvalue weighted by Crippen LogP contribution is -2.13. The molecule has 0 aliphatic heterocycles. The standard InChI is InChI=1S/C21H45O8P/c1-2-3-4-5-6-7-8-9-10-11-12-13-25-14-15-26-16-17-27-18-19-28-20-21-29-30(22,23)24/h2-21H2,1H3,(H2,22,23,24). The van der Waals surface area contributed by atoms with Crippen LogP contribution in [-0.4, -0.2) is 69.2 Å². The van der Waals surface area contributed by atoms with Crippen molar-refractivity contribution < 1.29 is 37.8 Å². The van der Waals surface area contributed by atoms with Crippen LogP contribution in [0.25, 0.3) is 0 Å². The smallest absolute Gasteiger partial charge is 0.379 e. The predicted octanol–water partition coefficient (Wildman–Crippen LogP) is 4.47. The van der Waals surface area contributed by atoms with E-state index in [0.29, 0.717) is 39.6 Å². The van der Waals surface area contributed by atoms with Crippen LogP contribution in [0.15, 0.2) is 0 Å². The summed E-state index contributed by atoms with van der Waals surface area (Å²) in [6, 6.07) is 0. The number of ether oxygens (including phenoxy) is 4. The number of unbranched alkanes of at least 4 members (excludes halogenated alkanes) is 10. The Kier molecular flexibility index (Phi) is 23.6. The van der Waals surface area contributed by atoms with Gasteiger partial charge in [-0.25, -0.2) is 4.57 Å². The van der Waals surface area contributed by atoms with Crippen molar-refractivity contribution in [2.45, 2.75) is 77.6 Å². The third kappa shape index (κ3) is 27.9. The van der Waals surface area contributed by atoms with Crippen molar-refractivity contribution in [1.29, 1.82) is 0 Å². The topological polar surface area (TPSA) is 104 Å². The quantitative estimate of drug-likeness (QED) is 0.153. The zero-order valence-electron chi connectivity index (χ0n) is 18.9. The summed E-state index contributed by atoms with van der Waals surface area (Å²) >= 11 is 0. The van der Waals surface area contributed by atoms with E-state index in [2.05, 4.69) is 11.4 Å². The maximum Gasteiger partial charge on any atom is 0.469 e. The van der Waals surface area contributed by atoms with Crippen molar-refractivity contribution in [3.8, 4) is 0 Å². The van der Waals surface area contributed by atoms with Gasteiger partial charge in [0.05, 0.1) is 52.9 Å². The van der Waals surface area contributed by atoms with Gasteiger partial charge in [0.1, 0.15) is 0 Å². The van der Waals surface area contributed by atoms with E-state index >= 15 is 0 Å². The molecule has 0 rings (SSSR count). The van der Waals surface area contributed by atoms with E-state index in [1.54, 1.807) is 0 Å². The third-order valence-electron chi connectivity index (χ3n) is 4.50. The van der Waals surface area contributed by atoms with Gasteiger partial charge in [-0.2, -0.15) is 0 Å². The number of phosphoric acid groups is 1. The Bertz CT molecular complexity index is 378. The number of phosphoric ester groups is 1. The number of hydrogen-bond donors (Lipinski definition) is 2. The summed E-state index contributed by atoms with van der Waals surface area (Å²) in [5.74, 6) is 0. The molecule has 8 nitrogen and oxygen atoms in total. The Morgan fingerprint density at radius 3 is 1.23 bits per heavy atom. The van der Waals surface area contributed by atoms with Gasteiger partial charge in [0.25, 0.3) is 0 Å². The second-order valence-corrected chi connectivity index (χ2v) is 8.55. The first-order valence-corrected chi connectivity index (χ1v) is 13.1. The lowest BCUT2D eigenvalue weighted by molar-refractivity contribution is -0.00578. The fourth-order valence-corrected chi connectivity index (χ4v) is 3.16. The van der Waals surface area contributed by atoms with Gasteiger partial charge in [-0.3, -0.25) is 4.52 Å². The van der Waals surface area contributed by atoms with Gasteiger partial charge in [-0.05, 0) is 6.42 Å². The molecular weight excluding hydrogens is 411 g/mol. The molecule has 0 heterocycles. The molecule has 0 aliphatic carbocycles. The Morgan fingerprint density at radius 1 is 0.500 bits per heavy atom. The molecule has 0 bridgehead atoms. The zero-order chi connectivity index (χ0) is 22.2. The van der Waals surface area contributed by atoms with Crippen LogP contribution in [0.3, 0.4) is 0 Å². The van der Waals surface area contributed by atoms with E-state index in [1.165, 1.54) is 64.2 Å². The van der Waals surface area contributed by atoms with Crippen LogP contribution in [0.5, 0.6) is 0 Å². The molecule has 0 saturated heterocycles. The third-order valence-corrected chi connectivity index (χ3v) is 5.01. The molecule has 2 N–H and O–H groups in total. The van der Waals surface area contributed by atoms with Gasteiger partial charge in [-0.15, -0.1) is 0 Å². The zero-order valence-corrected chi connectivity index (χ0v) is 19.8. The van der Waals surface area contributed by atoms with Crippen LogP contribution in [0.2, 0.25) is 0 Å². The Hall–Kier alpha value is -0.0500. The van der Waals surface area contributed by atoms with Crippen molar-refractivity contribution in [1.82, 2.24) is 0 Å². The summed E-state index contributed by atoms with van der Waals surface area (Å²) in [6.07, 6.45) is 14.7. The van der Waals surface area contributed by atoms with Crippen LogP contribution in [0, 0.1) is 0 Å². The van der Waals surface area contributed by atoms with Gasteiger partial charge in [-0.1, -0.05) is 71.1 Å². The van der Waals surface area contributed by atoms with Gasteiger partial charge in [0.15, 0.2) is 0 Å². The minimum atomic E-state index is -4.40. The molecule has 0 aromatic heterocycles. The van der Waals surface area contributed by atoms with Gasteiger partial charge >= 0.3 is 7.82 Å². The highest BCUT2D eigenvalue weighted by Crippen LogP contribution is 2.35. The highest BCUT2D eigenvalue weighted by Gasteiger charge is 2.12. The average Bonchev–Trinajstić information content (AvgIpc) is 2.70. The molecule has 0 spiro atoms. The summed E-state index contributed by atoms with van der Waals surface area (Å²) in [5.41, 5.74) is 0. The van der Waals surface area contributed by atoms with E-state index in [9.17, 15) is 4.57 Å². The predicted molar refractivity (Wildman–Crippen MR) is 118 cm³/mol. The van der Waals surface area contributed by atoms with Crippen LogP contribution in [-0.2, 0) is 28.0 Å². The molecule has 9 heteroatoms. The SMILES string of the molecule is CCCCCCCCCCCCCOCCOCCOCCOCCOP(=O)(O)O. The lowest BCUT2D eigenvalue weighted by Gasteiger charge is -2.08. The Balaban J connectivity index is 3.03. The molecule has 0 aromatic carbocycles. The van der Waals surface area contributed by atoms with Crippen LogP contribution in [0.1, 0.15) is 77.6 Å². The maximum absolute atomic E-state index is 10.4. The summed E-state index contributed by atoms with van der Waals surface area (Å²) in [4.78, 5) is 17.0. The molecule has 0 saturated carbocycles. The molecule has 0 atom stereocenters. The monoisotopic (exact) mass is 456 g/mol. The fraction of sp³-hybridized carbons (Fsp3) is 1.00. The van der Waals surface area contributed by atoms with E-state index in [-0.39, 0.29) is 13.2 Å². The summed E-state index contributed by atoms with van der Waals surface area (Å²) in [5, 5.41) is 0. The van der Waals surface area contributed by atoms with Crippen LogP contribution in [0.4, 0.5) is 0 Å². The minimum Gasteiger partial charge on any atom is -0.379 e. The van der Waals surface area contributed by atoms with E-state index < -0.39 is 7.82 Å². The molecule has 0 amide bonds. The van der Waals surface area contributed by atoms with Crippen molar-refractivity contribution in [2.75, 3.05) is 59.5 Å². The lowest BCUT2D eigenvalue weighted by atomic mass is 10.1. The largest absolute Gasteiger partial charge is 0.469 e. The molecular formula is C21H45O8P. The number of hydrogen-bond acceptors (Lipinski definition) is 6. The van der Waals surface area contributed by atoms with E-state index in [0.717, 1.165) is 13.0 Å². The minimum absolute atomic E-state index is 0.113. The molecule has 182 valence electrons. The Morgan fingerprint density at radius 2 is 0.833 bits per heavy atom. The molecule has 30 heavy (non-hydrogen) atoms. The molecule has 0 unspecified atom stereocenters. The molecule has 0 aliphatic rings. The second-order valence-electron chi connectivity index (χ2n) is 7.31. The van der Waals surface area contributed by atoms with Gasteiger partial charge < -0.3 is 28.7 Å². The van der Waals surface area contributed by atoms with Crippen molar-refractivity contribution >= 4 is 7.82 Å². The summed E-state index contributed by atoms with van der Waals surface area (Å²) in [6.45, 7) is 5.92. The molecule has 0 fully saturated rings. The van der Waals surface area contributed by atoms with E-state index in [4.69, 9.17) is 28.7 Å². The fourth-order valence-electron chi connectivity index (χ4n) is 2.85. The molecule has 0 radical (unpaired) electrons. The summed E-state index contributed by atoms with van der Waals surface area (Å²) in [7, 11) is -4.40. The first-order chi connectivity index (χ1) is 14.6. The van der Waals surface area contributed by atoms with Gasteiger partial charge in [0.2, 0.25) is 0 Å². The average molecular weight is 457 g/mol. The number of rotatable bonds is 25. The van der Waals surface area contributed by atoms with Crippen molar-refractivity contribution in [2.24, 2.45) is 0 Å². The molecule has 0 aromatic rings. The van der Waals surface area contributed by atoms with Crippen LogP contribution >= 0.6 is 7.82 Å². The highest BCUT2D eigenvalue weighted by molar-refractivity contribution is 7.46. The Labute approximate surface area is 183 Å². The van der Waals surface area contributed by atoms with Gasteiger partial charge in [0, 0.05) is 6.61 Å². The normalized spacial score (nSPS) is 12.0. The highest BCUT2D eigenvalue weighted by atomic mass is 31.2. The first kappa shape index (κ1) is 29.9. The van der Waals surface area contributed by atoms with Crippen LogP contribution < -0.4 is 0 Å². The van der Waals surface area contributed by atoms with Crippen molar-refractivity contribution in [3.63, 3.8) is 0 Å². The van der Waals surface area contributed by atoms with Crippen molar-refractivity contribution in [3.05, 3.63) is 0 Å². The second kappa shape index (κ2) is 23.6. The van der Waals surface area contributed by atoms with E-state index in [1.807, 2.05) is 0 Å². The maximum atomic E-state index is 10.4.